The number of imidazole rings is 1. The molecule has 2 heterocycles. The van der Waals surface area contributed by atoms with Crippen LogP contribution in [0.2, 0.25) is 5.02 Å². The van der Waals surface area contributed by atoms with Gasteiger partial charge in [-0.15, -0.1) is 0 Å². The second-order valence-electron chi connectivity index (χ2n) is 7.57. The number of hydrogen-bond acceptors (Lipinski definition) is 3. The summed E-state index contributed by atoms with van der Waals surface area (Å²) in [4.78, 5) is 20.5. The third-order valence-corrected chi connectivity index (χ3v) is 5.67. The van der Waals surface area contributed by atoms with Crippen LogP contribution in [0, 0.1) is 5.92 Å². The van der Waals surface area contributed by atoms with Gasteiger partial charge in [-0.05, 0) is 55.7 Å². The van der Waals surface area contributed by atoms with E-state index in [0.29, 0.717) is 23.3 Å². The van der Waals surface area contributed by atoms with Crippen molar-refractivity contribution >= 4 is 39.5 Å². The van der Waals surface area contributed by atoms with Crippen LogP contribution in [0.3, 0.4) is 0 Å². The number of rotatable bonds is 5. The third-order valence-electron chi connectivity index (χ3n) is 5.43. The SMILES string of the molecule is C[C@@H](NC(=O)C[C@@H]1C[C@@H]1c1nc2ccccc2[nH]1)c1cc2cc(Cl)ccc2o1. The predicted molar refractivity (Wildman–Crippen MR) is 109 cm³/mol. The summed E-state index contributed by atoms with van der Waals surface area (Å²) in [6.07, 6.45) is 1.49. The van der Waals surface area contributed by atoms with Crippen LogP contribution in [-0.4, -0.2) is 15.9 Å². The van der Waals surface area contributed by atoms with E-state index in [9.17, 15) is 4.79 Å². The summed E-state index contributed by atoms with van der Waals surface area (Å²) < 4.78 is 5.84. The van der Waals surface area contributed by atoms with E-state index >= 15 is 0 Å². The maximum Gasteiger partial charge on any atom is 0.220 e. The van der Waals surface area contributed by atoms with Crippen LogP contribution < -0.4 is 5.32 Å². The molecule has 2 aromatic carbocycles. The van der Waals surface area contributed by atoms with E-state index in [2.05, 4.69) is 15.3 Å². The molecule has 28 heavy (non-hydrogen) atoms. The summed E-state index contributed by atoms with van der Waals surface area (Å²) in [5.41, 5.74) is 2.80. The first-order valence-electron chi connectivity index (χ1n) is 9.50. The molecule has 0 radical (unpaired) electrons. The Morgan fingerprint density at radius 1 is 1.32 bits per heavy atom. The van der Waals surface area contributed by atoms with Gasteiger partial charge in [0, 0.05) is 22.7 Å². The molecule has 1 amide bonds. The number of H-pyrrole nitrogens is 1. The Kier molecular flexibility index (Phi) is 4.13. The summed E-state index contributed by atoms with van der Waals surface area (Å²) in [5.74, 6) is 2.43. The Morgan fingerprint density at radius 3 is 3.04 bits per heavy atom. The fraction of sp³-hybridized carbons (Fsp3) is 0.273. The number of aromatic nitrogens is 2. The van der Waals surface area contributed by atoms with Gasteiger partial charge in [-0.1, -0.05) is 23.7 Å². The van der Waals surface area contributed by atoms with Crippen molar-refractivity contribution in [1.29, 1.82) is 0 Å². The highest BCUT2D eigenvalue weighted by atomic mass is 35.5. The maximum atomic E-state index is 12.5. The lowest BCUT2D eigenvalue weighted by Gasteiger charge is -2.11. The van der Waals surface area contributed by atoms with E-state index in [1.54, 1.807) is 6.07 Å². The van der Waals surface area contributed by atoms with Gasteiger partial charge in [0.2, 0.25) is 5.91 Å². The first kappa shape index (κ1) is 17.3. The number of fused-ring (bicyclic) bond motifs is 2. The summed E-state index contributed by atoms with van der Waals surface area (Å²) in [6.45, 7) is 1.93. The highest BCUT2D eigenvalue weighted by Crippen LogP contribution is 2.48. The van der Waals surface area contributed by atoms with E-state index in [1.165, 1.54) is 0 Å². The molecule has 0 bridgehead atoms. The molecule has 2 aromatic heterocycles. The van der Waals surface area contributed by atoms with Crippen LogP contribution >= 0.6 is 11.6 Å². The highest BCUT2D eigenvalue weighted by molar-refractivity contribution is 6.31. The largest absolute Gasteiger partial charge is 0.459 e. The number of carbonyl (C=O) groups excluding carboxylic acids is 1. The smallest absolute Gasteiger partial charge is 0.220 e. The minimum atomic E-state index is -0.193. The van der Waals surface area contributed by atoms with Crippen molar-refractivity contribution in [2.24, 2.45) is 5.92 Å². The average Bonchev–Trinajstić information content (AvgIpc) is 3.12. The predicted octanol–water partition coefficient (Wildman–Crippen LogP) is 5.33. The summed E-state index contributed by atoms with van der Waals surface area (Å²) >= 11 is 6.03. The van der Waals surface area contributed by atoms with Crippen molar-refractivity contribution in [2.75, 3.05) is 0 Å². The van der Waals surface area contributed by atoms with E-state index in [-0.39, 0.29) is 11.9 Å². The lowest BCUT2D eigenvalue weighted by molar-refractivity contribution is -0.122. The molecule has 0 aliphatic heterocycles. The zero-order valence-electron chi connectivity index (χ0n) is 15.4. The molecule has 6 heteroatoms. The van der Waals surface area contributed by atoms with Crippen molar-refractivity contribution in [3.63, 3.8) is 0 Å². The van der Waals surface area contributed by atoms with Crippen molar-refractivity contribution in [3.8, 4) is 0 Å². The Bertz CT molecular complexity index is 1150. The molecule has 3 atom stereocenters. The number of furan rings is 1. The van der Waals surface area contributed by atoms with Gasteiger partial charge in [-0.25, -0.2) is 4.98 Å². The third kappa shape index (κ3) is 3.27. The number of benzene rings is 2. The Labute approximate surface area is 167 Å². The van der Waals surface area contributed by atoms with E-state index in [0.717, 1.165) is 40.0 Å². The van der Waals surface area contributed by atoms with Crippen molar-refractivity contribution in [2.45, 2.75) is 31.7 Å². The molecular formula is C22H20ClN3O2. The van der Waals surface area contributed by atoms with Crippen molar-refractivity contribution in [1.82, 2.24) is 15.3 Å². The molecule has 142 valence electrons. The molecule has 1 aliphatic carbocycles. The van der Waals surface area contributed by atoms with Gasteiger partial charge in [0.25, 0.3) is 0 Å². The van der Waals surface area contributed by atoms with Crippen LogP contribution in [0.1, 0.15) is 43.3 Å². The average molecular weight is 394 g/mol. The topological polar surface area (TPSA) is 70.9 Å². The van der Waals surface area contributed by atoms with Crippen molar-refractivity contribution < 1.29 is 9.21 Å². The lowest BCUT2D eigenvalue weighted by atomic mass is 10.2. The molecular weight excluding hydrogens is 374 g/mol. The van der Waals surface area contributed by atoms with Gasteiger partial charge in [0.1, 0.15) is 17.2 Å². The van der Waals surface area contributed by atoms with E-state index in [4.69, 9.17) is 16.0 Å². The number of carbonyl (C=O) groups is 1. The quantitative estimate of drug-likeness (QED) is 0.481. The minimum Gasteiger partial charge on any atom is -0.459 e. The van der Waals surface area contributed by atoms with Gasteiger partial charge in [-0.3, -0.25) is 4.79 Å². The normalized spacial score (nSPS) is 19.8. The standard InChI is InChI=1S/C22H20ClN3O2/c1-12(20-10-14-8-15(23)6-7-19(14)28-20)24-21(27)11-13-9-16(13)22-25-17-4-2-3-5-18(17)26-22/h2-8,10,12-13,16H,9,11H2,1H3,(H,24,27)(H,25,26)/t12-,13+,16+/m1/s1. The molecule has 1 saturated carbocycles. The van der Waals surface area contributed by atoms with Gasteiger partial charge in [0.05, 0.1) is 17.1 Å². The molecule has 4 aromatic rings. The number of halogens is 1. The van der Waals surface area contributed by atoms with Crippen LogP contribution in [0.25, 0.3) is 22.0 Å². The first-order chi connectivity index (χ1) is 13.6. The van der Waals surface area contributed by atoms with E-state index in [1.807, 2.05) is 49.4 Å². The molecule has 1 aliphatic rings. The molecule has 1 fully saturated rings. The molecule has 5 nitrogen and oxygen atoms in total. The molecule has 0 unspecified atom stereocenters. The number of hydrogen-bond donors (Lipinski definition) is 2. The van der Waals surface area contributed by atoms with Crippen LogP contribution in [0.5, 0.6) is 0 Å². The molecule has 0 spiro atoms. The summed E-state index contributed by atoms with van der Waals surface area (Å²) in [7, 11) is 0. The minimum absolute atomic E-state index is 0.0367. The highest BCUT2D eigenvalue weighted by Gasteiger charge is 2.41. The van der Waals surface area contributed by atoms with Crippen LogP contribution in [-0.2, 0) is 4.79 Å². The zero-order chi connectivity index (χ0) is 19.3. The zero-order valence-corrected chi connectivity index (χ0v) is 16.2. The van der Waals surface area contributed by atoms with Gasteiger partial charge < -0.3 is 14.7 Å². The molecule has 5 rings (SSSR count). The number of nitrogens with zero attached hydrogens (tertiary/aromatic N) is 1. The van der Waals surface area contributed by atoms with Crippen LogP contribution in [0.15, 0.2) is 52.9 Å². The summed E-state index contributed by atoms with van der Waals surface area (Å²) in [6, 6.07) is 15.2. The summed E-state index contributed by atoms with van der Waals surface area (Å²) in [5, 5.41) is 4.65. The Hall–Kier alpha value is -2.79. The van der Waals surface area contributed by atoms with Crippen LogP contribution in [0.4, 0.5) is 0 Å². The second kappa shape index (κ2) is 6.67. The van der Waals surface area contributed by atoms with Gasteiger partial charge >= 0.3 is 0 Å². The number of amides is 1. The second-order valence-corrected chi connectivity index (χ2v) is 8.00. The monoisotopic (exact) mass is 393 g/mol. The fourth-order valence-corrected chi connectivity index (χ4v) is 3.99. The van der Waals surface area contributed by atoms with Crippen molar-refractivity contribution in [3.05, 3.63) is 65.1 Å². The number of para-hydroxylation sites is 2. The Morgan fingerprint density at radius 2 is 2.18 bits per heavy atom. The molecule has 2 N–H and O–H groups in total. The Balaban J connectivity index is 1.21. The lowest BCUT2D eigenvalue weighted by Crippen LogP contribution is -2.26. The first-order valence-corrected chi connectivity index (χ1v) is 9.87. The fourth-order valence-electron chi connectivity index (χ4n) is 3.81. The van der Waals surface area contributed by atoms with Gasteiger partial charge in [-0.2, -0.15) is 0 Å². The number of nitrogens with one attached hydrogen (secondary N) is 2. The van der Waals surface area contributed by atoms with E-state index < -0.39 is 0 Å². The maximum absolute atomic E-state index is 12.5. The van der Waals surface area contributed by atoms with Gasteiger partial charge in [0.15, 0.2) is 0 Å². The number of aromatic amines is 1. The molecule has 0 saturated heterocycles.